The number of imide groups is 1. The molecule has 8 nitrogen and oxygen atoms in total. The lowest BCUT2D eigenvalue weighted by molar-refractivity contribution is -0.128. The Kier molecular flexibility index (Phi) is 8.38. The highest BCUT2D eigenvalue weighted by Crippen LogP contribution is 2.26. The Balaban J connectivity index is 1.31. The van der Waals surface area contributed by atoms with Gasteiger partial charge in [0.2, 0.25) is 5.91 Å². The van der Waals surface area contributed by atoms with Gasteiger partial charge in [0.15, 0.2) is 11.0 Å². The van der Waals surface area contributed by atoms with Crippen LogP contribution in [0.3, 0.4) is 0 Å². The second kappa shape index (κ2) is 11.5. The maximum atomic E-state index is 12.9. The van der Waals surface area contributed by atoms with E-state index in [0.717, 1.165) is 21.8 Å². The van der Waals surface area contributed by atoms with Crippen LogP contribution in [0.1, 0.15) is 21.5 Å². The number of hydrogen-bond donors (Lipinski definition) is 3. The molecule has 200 valence electrons. The molecule has 1 aromatic heterocycles. The molecule has 1 unspecified atom stereocenters. The molecule has 14 heteroatoms. The van der Waals surface area contributed by atoms with Crippen molar-refractivity contribution in [2.75, 3.05) is 23.7 Å². The predicted molar refractivity (Wildman–Crippen MR) is 139 cm³/mol. The molecule has 2 aromatic carbocycles. The third kappa shape index (κ3) is 7.11. The smallest absolute Gasteiger partial charge is 0.376 e. The number of nitrogens with zero attached hydrogens (tertiary/aromatic N) is 1. The Bertz CT molecular complexity index is 1400. The first kappa shape index (κ1) is 27.6. The molecule has 0 fully saturated rings. The van der Waals surface area contributed by atoms with E-state index in [2.05, 4.69) is 15.4 Å². The molecule has 1 aliphatic heterocycles. The van der Waals surface area contributed by atoms with Crippen molar-refractivity contribution in [1.29, 1.82) is 0 Å². The first-order chi connectivity index (χ1) is 18.0. The Morgan fingerprint density at radius 2 is 1.76 bits per heavy atom. The number of rotatable bonds is 8. The van der Waals surface area contributed by atoms with Crippen molar-refractivity contribution in [2.24, 2.45) is 0 Å². The third-order valence-electron chi connectivity index (χ3n) is 5.47. The van der Waals surface area contributed by atoms with Crippen LogP contribution in [-0.4, -0.2) is 46.2 Å². The minimum absolute atomic E-state index is 0.0976. The fourth-order valence-electron chi connectivity index (χ4n) is 3.69. The standard InChI is InChI=1S/C24H20ClF3N4O4S2/c25-19-7-8-21(37-19)38(36)31-23(35)30-16-3-1-14(2-4-16)9-10-32-20(33)12-15-11-17(29-13-24(26,27)28)5-6-18(15)22(32)34/h1-8,11,29H,9-10,12-13H2,(H2,30,31,35). The topological polar surface area (TPSA) is 108 Å². The summed E-state index contributed by atoms with van der Waals surface area (Å²) in [5, 5.41) is 4.82. The van der Waals surface area contributed by atoms with Crippen molar-refractivity contribution in [2.45, 2.75) is 23.2 Å². The molecule has 0 saturated heterocycles. The average molecular weight is 585 g/mol. The zero-order chi connectivity index (χ0) is 27.4. The number of anilines is 2. The van der Waals surface area contributed by atoms with Gasteiger partial charge >= 0.3 is 12.2 Å². The minimum atomic E-state index is -4.39. The summed E-state index contributed by atoms with van der Waals surface area (Å²) < 4.78 is 52.7. The summed E-state index contributed by atoms with van der Waals surface area (Å²) >= 11 is 6.90. The summed E-state index contributed by atoms with van der Waals surface area (Å²) in [5.74, 6) is -0.945. The van der Waals surface area contributed by atoms with Gasteiger partial charge in [-0.3, -0.25) is 19.2 Å². The summed E-state index contributed by atoms with van der Waals surface area (Å²) in [6, 6.07) is 13.4. The second-order valence-electron chi connectivity index (χ2n) is 8.20. The molecular formula is C24H20ClF3N4O4S2. The molecule has 4 rings (SSSR count). The molecule has 3 N–H and O–H groups in total. The number of fused-ring (bicyclic) bond motifs is 1. The third-order valence-corrected chi connectivity index (χ3v) is 8.07. The fraction of sp³-hybridized carbons (Fsp3) is 0.208. The first-order valence-electron chi connectivity index (χ1n) is 11.1. The van der Waals surface area contributed by atoms with Crippen LogP contribution in [0.5, 0.6) is 0 Å². The van der Waals surface area contributed by atoms with Crippen LogP contribution in [0.2, 0.25) is 4.34 Å². The van der Waals surface area contributed by atoms with E-state index in [1.165, 1.54) is 18.2 Å². The van der Waals surface area contributed by atoms with Gasteiger partial charge in [0.25, 0.3) is 5.91 Å². The number of thiophene rings is 1. The number of urea groups is 1. The molecule has 0 bridgehead atoms. The van der Waals surface area contributed by atoms with Crippen LogP contribution in [0.15, 0.2) is 58.8 Å². The molecule has 3 aromatic rings. The van der Waals surface area contributed by atoms with Crippen LogP contribution in [0, 0.1) is 0 Å². The molecule has 0 radical (unpaired) electrons. The highest BCUT2D eigenvalue weighted by molar-refractivity contribution is 7.86. The number of alkyl halides is 3. The molecule has 2 heterocycles. The summed E-state index contributed by atoms with van der Waals surface area (Å²) in [6.45, 7) is -1.11. The van der Waals surface area contributed by atoms with Crippen LogP contribution in [0.25, 0.3) is 0 Å². The Morgan fingerprint density at radius 1 is 1.05 bits per heavy atom. The van der Waals surface area contributed by atoms with Gasteiger partial charge in [0, 0.05) is 23.5 Å². The van der Waals surface area contributed by atoms with Gasteiger partial charge in [0.1, 0.15) is 10.8 Å². The summed E-state index contributed by atoms with van der Waals surface area (Å²) in [6.07, 6.45) is -4.13. The number of carbonyl (C=O) groups excluding carboxylic acids is 3. The van der Waals surface area contributed by atoms with Gasteiger partial charge in [-0.2, -0.15) is 13.2 Å². The van der Waals surface area contributed by atoms with Crippen molar-refractivity contribution in [3.8, 4) is 0 Å². The van der Waals surface area contributed by atoms with E-state index in [9.17, 15) is 31.8 Å². The van der Waals surface area contributed by atoms with E-state index in [4.69, 9.17) is 11.6 Å². The van der Waals surface area contributed by atoms with Gasteiger partial charge in [-0.1, -0.05) is 23.7 Å². The Labute approximate surface area is 226 Å². The normalized spacial score (nSPS) is 14.2. The largest absolute Gasteiger partial charge is 0.405 e. The molecular weight excluding hydrogens is 565 g/mol. The van der Waals surface area contributed by atoms with Crippen molar-refractivity contribution in [3.63, 3.8) is 0 Å². The van der Waals surface area contributed by atoms with Gasteiger partial charge in [-0.25, -0.2) is 9.00 Å². The summed E-state index contributed by atoms with van der Waals surface area (Å²) in [7, 11) is -1.75. The first-order valence-corrected chi connectivity index (χ1v) is 13.4. The van der Waals surface area contributed by atoms with Gasteiger partial charge in [0.05, 0.1) is 10.8 Å². The summed E-state index contributed by atoms with van der Waals surface area (Å²) in [4.78, 5) is 38.7. The van der Waals surface area contributed by atoms with E-state index in [1.807, 2.05) is 0 Å². The molecule has 0 saturated carbocycles. The van der Waals surface area contributed by atoms with Crippen molar-refractivity contribution in [1.82, 2.24) is 9.62 Å². The van der Waals surface area contributed by atoms with E-state index in [0.29, 0.717) is 26.2 Å². The van der Waals surface area contributed by atoms with E-state index in [1.54, 1.807) is 36.4 Å². The zero-order valence-corrected chi connectivity index (χ0v) is 21.8. The van der Waals surface area contributed by atoms with Crippen LogP contribution >= 0.6 is 22.9 Å². The SMILES string of the molecule is O=C(Nc1ccc(CCN2C(=O)Cc3cc(NCC(F)(F)F)ccc3C2=O)cc1)NS(=O)c1ccc(Cl)s1. The molecule has 1 atom stereocenters. The molecule has 1 aliphatic rings. The van der Waals surface area contributed by atoms with E-state index >= 15 is 0 Å². The van der Waals surface area contributed by atoms with Crippen LogP contribution in [0.4, 0.5) is 29.3 Å². The van der Waals surface area contributed by atoms with Crippen LogP contribution in [-0.2, 0) is 28.6 Å². The molecule has 38 heavy (non-hydrogen) atoms. The zero-order valence-electron chi connectivity index (χ0n) is 19.4. The summed E-state index contributed by atoms with van der Waals surface area (Å²) in [5.41, 5.74) is 2.07. The maximum Gasteiger partial charge on any atom is 0.405 e. The number of hydrogen-bond acceptors (Lipinski definition) is 6. The van der Waals surface area contributed by atoms with Crippen molar-refractivity contribution in [3.05, 3.63) is 75.6 Å². The number of halogens is 4. The lowest BCUT2D eigenvalue weighted by Crippen LogP contribution is -2.43. The fourth-order valence-corrected chi connectivity index (χ4v) is 5.81. The predicted octanol–water partition coefficient (Wildman–Crippen LogP) is 4.99. The van der Waals surface area contributed by atoms with Crippen LogP contribution < -0.4 is 15.4 Å². The molecule has 0 spiro atoms. The van der Waals surface area contributed by atoms with E-state index < -0.39 is 41.6 Å². The quantitative estimate of drug-likeness (QED) is 0.324. The van der Waals surface area contributed by atoms with Gasteiger partial charge in [-0.15, -0.1) is 11.3 Å². The number of carbonyl (C=O) groups is 3. The monoisotopic (exact) mass is 584 g/mol. The highest BCUT2D eigenvalue weighted by Gasteiger charge is 2.31. The van der Waals surface area contributed by atoms with Gasteiger partial charge < -0.3 is 10.6 Å². The second-order valence-corrected chi connectivity index (χ2v) is 11.4. The van der Waals surface area contributed by atoms with Crippen molar-refractivity contribution < 1.29 is 31.8 Å². The molecule has 0 aliphatic carbocycles. The lowest BCUT2D eigenvalue weighted by atomic mass is 9.97. The average Bonchev–Trinajstić information content (AvgIpc) is 3.29. The number of amides is 4. The Morgan fingerprint density at radius 3 is 2.42 bits per heavy atom. The maximum absolute atomic E-state index is 12.9. The van der Waals surface area contributed by atoms with Gasteiger partial charge in [-0.05, 0) is 60.0 Å². The highest BCUT2D eigenvalue weighted by atomic mass is 35.5. The molecule has 4 amide bonds. The minimum Gasteiger partial charge on any atom is -0.376 e. The lowest BCUT2D eigenvalue weighted by Gasteiger charge is -2.27. The van der Waals surface area contributed by atoms with E-state index in [-0.39, 0.29) is 24.2 Å². The number of nitrogens with one attached hydrogen (secondary N) is 3. The van der Waals surface area contributed by atoms with Crippen molar-refractivity contribution >= 4 is 63.1 Å². The Hall–Kier alpha value is -3.42. The number of benzene rings is 2.